The molecule has 2 nitrogen and oxygen atoms in total. The van der Waals surface area contributed by atoms with E-state index in [1.165, 1.54) is 11.3 Å². The largest absolute Gasteiger partial charge is 0.371 e. The van der Waals surface area contributed by atoms with Gasteiger partial charge in [0.1, 0.15) is 0 Å². The van der Waals surface area contributed by atoms with Crippen LogP contribution in [0, 0.1) is 5.41 Å². The van der Waals surface area contributed by atoms with Gasteiger partial charge in [0.25, 0.3) is 0 Å². The Bertz CT molecular complexity index is 437. The maximum atomic E-state index is 6.15. The summed E-state index contributed by atoms with van der Waals surface area (Å²) in [4.78, 5) is 2.38. The van der Waals surface area contributed by atoms with Crippen LogP contribution in [0.1, 0.15) is 46.6 Å². The maximum absolute atomic E-state index is 6.15. The molecular formula is C17H29BrN2. The molecule has 0 spiro atoms. The average Bonchev–Trinajstić information content (AvgIpc) is 2.36. The van der Waals surface area contributed by atoms with Gasteiger partial charge >= 0.3 is 0 Å². The summed E-state index contributed by atoms with van der Waals surface area (Å²) >= 11 is 3.57. The average molecular weight is 341 g/mol. The van der Waals surface area contributed by atoms with Crippen molar-refractivity contribution in [3.63, 3.8) is 0 Å². The molecule has 1 aromatic carbocycles. The van der Waals surface area contributed by atoms with Crippen LogP contribution in [-0.2, 0) is 6.42 Å². The highest BCUT2D eigenvalue weighted by Crippen LogP contribution is 2.31. The summed E-state index contributed by atoms with van der Waals surface area (Å²) in [7, 11) is 2.18. The lowest BCUT2D eigenvalue weighted by molar-refractivity contribution is 0.329. The van der Waals surface area contributed by atoms with Crippen LogP contribution < -0.4 is 10.6 Å². The van der Waals surface area contributed by atoms with Crippen molar-refractivity contribution in [2.75, 3.05) is 11.9 Å². The van der Waals surface area contributed by atoms with Gasteiger partial charge in [0.05, 0.1) is 0 Å². The van der Waals surface area contributed by atoms with Crippen LogP contribution in [0.3, 0.4) is 0 Å². The highest BCUT2D eigenvalue weighted by molar-refractivity contribution is 9.10. The first kappa shape index (κ1) is 17.5. The number of rotatable bonds is 5. The summed E-state index contributed by atoms with van der Waals surface area (Å²) in [6.07, 6.45) is 1.93. The number of halogens is 1. The van der Waals surface area contributed by atoms with Gasteiger partial charge in [0.15, 0.2) is 0 Å². The Hall–Kier alpha value is -0.540. The highest BCUT2D eigenvalue weighted by atomic mass is 79.9. The zero-order chi connectivity index (χ0) is 15.5. The molecule has 0 radical (unpaired) electrons. The van der Waals surface area contributed by atoms with Crippen molar-refractivity contribution in [1.82, 2.24) is 0 Å². The van der Waals surface area contributed by atoms with E-state index in [0.29, 0.717) is 6.04 Å². The molecule has 0 heterocycles. The van der Waals surface area contributed by atoms with E-state index in [2.05, 4.69) is 80.7 Å². The van der Waals surface area contributed by atoms with Gasteiger partial charge in [-0.25, -0.2) is 0 Å². The van der Waals surface area contributed by atoms with Crippen molar-refractivity contribution in [3.05, 3.63) is 28.2 Å². The second kappa shape index (κ2) is 6.95. The summed E-state index contributed by atoms with van der Waals surface area (Å²) in [5.41, 5.74) is 9.01. The van der Waals surface area contributed by atoms with E-state index in [1.54, 1.807) is 0 Å². The summed E-state index contributed by atoms with van der Waals surface area (Å²) < 4.78 is 1.12. The Morgan fingerprint density at radius 1 is 1.30 bits per heavy atom. The summed E-state index contributed by atoms with van der Waals surface area (Å²) in [6.45, 7) is 11.3. The van der Waals surface area contributed by atoms with Gasteiger partial charge in [-0.15, -0.1) is 0 Å². The fraction of sp³-hybridized carbons (Fsp3) is 0.647. The normalized spacial score (nSPS) is 15.0. The molecular weight excluding hydrogens is 312 g/mol. The minimum absolute atomic E-state index is 0.224. The lowest BCUT2D eigenvalue weighted by Gasteiger charge is -2.38. The first-order valence-corrected chi connectivity index (χ1v) is 8.23. The maximum Gasteiger partial charge on any atom is 0.0400 e. The molecule has 20 heavy (non-hydrogen) atoms. The Morgan fingerprint density at radius 2 is 1.90 bits per heavy atom. The van der Waals surface area contributed by atoms with Crippen molar-refractivity contribution in [2.45, 2.75) is 59.5 Å². The molecule has 0 saturated carbocycles. The molecule has 0 amide bonds. The van der Waals surface area contributed by atoms with E-state index in [4.69, 9.17) is 5.73 Å². The van der Waals surface area contributed by atoms with E-state index in [-0.39, 0.29) is 11.5 Å². The predicted octanol–water partition coefficient (Wildman–Crippen LogP) is 4.60. The van der Waals surface area contributed by atoms with Crippen molar-refractivity contribution in [3.8, 4) is 0 Å². The SMILES string of the molecule is CCC(N)Cc1cc(Br)ccc1N(C)C(C)C(C)(C)C. The zero-order valence-electron chi connectivity index (χ0n) is 13.7. The van der Waals surface area contributed by atoms with E-state index in [0.717, 1.165) is 17.3 Å². The fourth-order valence-electron chi connectivity index (χ4n) is 2.28. The van der Waals surface area contributed by atoms with E-state index in [9.17, 15) is 0 Å². The molecule has 0 fully saturated rings. The zero-order valence-corrected chi connectivity index (χ0v) is 15.3. The van der Waals surface area contributed by atoms with E-state index >= 15 is 0 Å². The van der Waals surface area contributed by atoms with Crippen LogP contribution in [0.5, 0.6) is 0 Å². The van der Waals surface area contributed by atoms with E-state index in [1.807, 2.05) is 0 Å². The quantitative estimate of drug-likeness (QED) is 0.848. The molecule has 0 aliphatic rings. The Kier molecular flexibility index (Phi) is 6.08. The third-order valence-corrected chi connectivity index (χ3v) is 4.76. The molecule has 2 atom stereocenters. The molecule has 2 unspecified atom stereocenters. The summed E-state index contributed by atoms with van der Waals surface area (Å²) in [5, 5.41) is 0. The minimum atomic E-state index is 0.224. The van der Waals surface area contributed by atoms with Gasteiger partial charge < -0.3 is 10.6 Å². The third kappa shape index (κ3) is 4.49. The first-order valence-electron chi connectivity index (χ1n) is 7.43. The number of nitrogens with two attached hydrogens (primary N) is 1. The molecule has 114 valence electrons. The topological polar surface area (TPSA) is 29.3 Å². The summed E-state index contributed by atoms with van der Waals surface area (Å²) in [5.74, 6) is 0. The van der Waals surface area contributed by atoms with Gasteiger partial charge in [-0.2, -0.15) is 0 Å². The Morgan fingerprint density at radius 3 is 2.40 bits per heavy atom. The van der Waals surface area contributed by atoms with Crippen LogP contribution in [0.25, 0.3) is 0 Å². The predicted molar refractivity (Wildman–Crippen MR) is 93.4 cm³/mol. The van der Waals surface area contributed by atoms with Crippen molar-refractivity contribution in [2.24, 2.45) is 11.1 Å². The molecule has 0 bridgehead atoms. The van der Waals surface area contributed by atoms with Crippen LogP contribution in [-0.4, -0.2) is 19.1 Å². The standard InChI is InChI=1S/C17H29BrN2/c1-7-15(19)11-13-10-14(18)8-9-16(13)20(6)12(2)17(3,4)5/h8-10,12,15H,7,11,19H2,1-6H3. The molecule has 3 heteroatoms. The number of anilines is 1. The molecule has 2 N–H and O–H groups in total. The monoisotopic (exact) mass is 340 g/mol. The van der Waals surface area contributed by atoms with E-state index < -0.39 is 0 Å². The number of hydrogen-bond acceptors (Lipinski definition) is 2. The third-order valence-electron chi connectivity index (χ3n) is 4.26. The van der Waals surface area contributed by atoms with Crippen LogP contribution in [0.4, 0.5) is 5.69 Å². The van der Waals surface area contributed by atoms with Crippen molar-refractivity contribution in [1.29, 1.82) is 0 Å². The molecule has 0 aliphatic carbocycles. The lowest BCUT2D eigenvalue weighted by Crippen LogP contribution is -2.40. The second-order valence-corrected chi connectivity index (χ2v) is 7.71. The number of benzene rings is 1. The van der Waals surface area contributed by atoms with Crippen LogP contribution >= 0.6 is 15.9 Å². The number of hydrogen-bond donors (Lipinski definition) is 1. The second-order valence-electron chi connectivity index (χ2n) is 6.80. The highest BCUT2D eigenvalue weighted by Gasteiger charge is 2.25. The fourth-order valence-corrected chi connectivity index (χ4v) is 2.69. The Labute approximate surface area is 132 Å². The van der Waals surface area contributed by atoms with Crippen LogP contribution in [0.15, 0.2) is 22.7 Å². The van der Waals surface area contributed by atoms with Gasteiger partial charge in [-0.05, 0) is 48.9 Å². The van der Waals surface area contributed by atoms with Gasteiger partial charge in [0.2, 0.25) is 0 Å². The lowest BCUT2D eigenvalue weighted by atomic mass is 9.86. The molecule has 1 aromatic rings. The van der Waals surface area contributed by atoms with Crippen molar-refractivity contribution >= 4 is 21.6 Å². The van der Waals surface area contributed by atoms with Crippen LogP contribution in [0.2, 0.25) is 0 Å². The number of nitrogens with zero attached hydrogens (tertiary/aromatic N) is 1. The molecule has 0 saturated heterocycles. The van der Waals surface area contributed by atoms with Gasteiger partial charge in [-0.3, -0.25) is 0 Å². The minimum Gasteiger partial charge on any atom is -0.371 e. The molecule has 0 aliphatic heterocycles. The summed E-state index contributed by atoms with van der Waals surface area (Å²) in [6, 6.07) is 7.20. The first-order chi connectivity index (χ1) is 9.16. The van der Waals surface area contributed by atoms with Gasteiger partial charge in [-0.1, -0.05) is 43.6 Å². The smallest absolute Gasteiger partial charge is 0.0400 e. The Balaban J connectivity index is 3.10. The van der Waals surface area contributed by atoms with Gasteiger partial charge in [0, 0.05) is 29.3 Å². The molecule has 0 aromatic heterocycles. The van der Waals surface area contributed by atoms with Crippen molar-refractivity contribution < 1.29 is 0 Å². The molecule has 1 rings (SSSR count).